The molecule has 28 heavy (non-hydrogen) atoms. The Kier molecular flexibility index (Phi) is 5.79. The molecular weight excluding hydrogens is 404 g/mol. The van der Waals surface area contributed by atoms with Gasteiger partial charge in [-0.05, 0) is 60.2 Å². The maximum absolute atomic E-state index is 13.1. The number of carbonyl (C=O) groups excluding carboxylic acids is 4. The number of nitrogens with one attached hydrogen (secondary N) is 1. The Morgan fingerprint density at radius 3 is 2.57 bits per heavy atom. The highest BCUT2D eigenvalue weighted by Crippen LogP contribution is 2.56. The van der Waals surface area contributed by atoms with Gasteiger partial charge in [0.1, 0.15) is 6.54 Å². The van der Waals surface area contributed by atoms with Crippen LogP contribution in [-0.4, -0.2) is 71.2 Å². The Hall–Kier alpha value is -1.97. The Morgan fingerprint density at radius 2 is 2.00 bits per heavy atom. The van der Waals surface area contributed by atoms with Crippen LogP contribution in [0.3, 0.4) is 0 Å². The molecule has 3 aliphatic rings. The van der Waals surface area contributed by atoms with Crippen molar-refractivity contribution in [3.63, 3.8) is 0 Å². The number of nitrogens with zero attached hydrogens (tertiary/aromatic N) is 3. The molecule has 5 amide bonds. The molecule has 1 N–H and O–H groups in total. The number of imide groups is 2. The third-order valence-corrected chi connectivity index (χ3v) is 6.65. The van der Waals surface area contributed by atoms with E-state index in [2.05, 4.69) is 5.32 Å². The fourth-order valence-electron chi connectivity index (χ4n) is 4.16. The molecule has 3 heterocycles. The zero-order chi connectivity index (χ0) is 19.2. The van der Waals surface area contributed by atoms with E-state index in [1.54, 1.807) is 16.2 Å². The zero-order valence-corrected chi connectivity index (χ0v) is 17.2. The molecule has 2 saturated heterocycles. The number of piperidine rings is 1. The van der Waals surface area contributed by atoms with Crippen LogP contribution in [0.15, 0.2) is 16.8 Å². The number of amides is 5. The summed E-state index contributed by atoms with van der Waals surface area (Å²) in [5.74, 6) is -2.11. The van der Waals surface area contributed by atoms with Gasteiger partial charge in [-0.1, -0.05) is 0 Å². The van der Waals surface area contributed by atoms with Crippen molar-refractivity contribution in [2.75, 3.05) is 26.7 Å². The Balaban J connectivity index is 0.00000225. The van der Waals surface area contributed by atoms with Crippen LogP contribution in [0, 0.1) is 5.41 Å². The summed E-state index contributed by atoms with van der Waals surface area (Å²) in [7, 11) is 1.25. The van der Waals surface area contributed by atoms with Gasteiger partial charge in [-0.2, -0.15) is 11.3 Å². The second-order valence-electron chi connectivity index (χ2n) is 7.52. The summed E-state index contributed by atoms with van der Waals surface area (Å²) in [5, 5.41) is 7.32. The van der Waals surface area contributed by atoms with Gasteiger partial charge in [-0.3, -0.25) is 19.3 Å². The van der Waals surface area contributed by atoms with E-state index >= 15 is 0 Å². The molecule has 0 bridgehead atoms. The summed E-state index contributed by atoms with van der Waals surface area (Å²) in [4.78, 5) is 52.2. The first-order valence-corrected chi connectivity index (χ1v) is 10.0. The molecule has 2 aliphatic heterocycles. The number of likely N-dealkylation sites (N-methyl/N-ethyl adjacent to an activating group) is 1. The molecule has 10 heteroatoms. The maximum atomic E-state index is 13.1. The van der Waals surface area contributed by atoms with Crippen LogP contribution in [0.4, 0.5) is 4.79 Å². The van der Waals surface area contributed by atoms with Crippen molar-refractivity contribution in [2.45, 2.75) is 31.8 Å². The average Bonchev–Trinajstić information content (AvgIpc) is 3.03. The van der Waals surface area contributed by atoms with Crippen LogP contribution >= 0.6 is 23.7 Å². The second-order valence-corrected chi connectivity index (χ2v) is 8.30. The van der Waals surface area contributed by atoms with E-state index in [0.29, 0.717) is 6.54 Å². The first-order chi connectivity index (χ1) is 12.9. The Bertz CT molecular complexity index is 794. The van der Waals surface area contributed by atoms with Gasteiger partial charge in [0, 0.05) is 19.6 Å². The molecular formula is C18H23ClN4O4S. The Labute approximate surface area is 173 Å². The lowest BCUT2D eigenvalue weighted by Gasteiger charge is -2.30. The molecule has 1 atom stereocenters. The molecule has 1 spiro atoms. The van der Waals surface area contributed by atoms with Crippen molar-refractivity contribution in [2.24, 2.45) is 5.41 Å². The number of hydrogen-bond donors (Lipinski definition) is 1. The number of urea groups is 1. The summed E-state index contributed by atoms with van der Waals surface area (Å²) in [6, 6.07) is 1.36. The molecule has 1 aliphatic carbocycles. The largest absolute Gasteiger partial charge is 0.334 e. The summed E-state index contributed by atoms with van der Waals surface area (Å²) < 4.78 is 0. The fourth-order valence-corrected chi connectivity index (χ4v) is 4.82. The van der Waals surface area contributed by atoms with E-state index in [-0.39, 0.29) is 36.3 Å². The molecule has 152 valence electrons. The molecule has 8 nitrogen and oxygen atoms in total. The molecule has 0 aromatic carbocycles. The summed E-state index contributed by atoms with van der Waals surface area (Å²) >= 11 is 1.57. The molecule has 3 fully saturated rings. The topological polar surface area (TPSA) is 90.0 Å². The third-order valence-electron chi connectivity index (χ3n) is 5.92. The minimum Gasteiger partial charge on any atom is -0.333 e. The van der Waals surface area contributed by atoms with E-state index in [1.807, 2.05) is 16.8 Å². The first kappa shape index (κ1) is 20.8. The van der Waals surface area contributed by atoms with Gasteiger partial charge < -0.3 is 10.2 Å². The number of rotatable bonds is 5. The lowest BCUT2D eigenvalue weighted by Crippen LogP contribution is -2.45. The smallest absolute Gasteiger partial charge is 0.333 e. The molecule has 0 radical (unpaired) electrons. The molecule has 1 unspecified atom stereocenters. The second kappa shape index (κ2) is 7.81. The van der Waals surface area contributed by atoms with E-state index in [1.165, 1.54) is 7.05 Å². The van der Waals surface area contributed by atoms with Gasteiger partial charge >= 0.3 is 17.8 Å². The number of hydrogen-bond acceptors (Lipinski definition) is 6. The predicted octanol–water partition coefficient (Wildman–Crippen LogP) is 1.06. The maximum Gasteiger partial charge on any atom is 0.334 e. The monoisotopic (exact) mass is 426 g/mol. The van der Waals surface area contributed by atoms with E-state index in [4.69, 9.17) is 0 Å². The fraction of sp³-hybridized carbons (Fsp3) is 0.556. The number of carbonyl (C=O) groups is 4. The number of halogens is 1. The highest BCUT2D eigenvalue weighted by molar-refractivity contribution is 7.07. The van der Waals surface area contributed by atoms with Crippen molar-refractivity contribution >= 4 is 47.5 Å². The predicted molar refractivity (Wildman–Crippen MR) is 105 cm³/mol. The summed E-state index contributed by atoms with van der Waals surface area (Å²) in [6.45, 7) is 1.96. The van der Waals surface area contributed by atoms with Gasteiger partial charge in [0.15, 0.2) is 0 Å². The van der Waals surface area contributed by atoms with Crippen LogP contribution in [0.2, 0.25) is 0 Å². The van der Waals surface area contributed by atoms with Gasteiger partial charge in [-0.15, -0.1) is 12.4 Å². The average molecular weight is 427 g/mol. The Morgan fingerprint density at radius 1 is 1.29 bits per heavy atom. The third kappa shape index (κ3) is 3.54. The quantitative estimate of drug-likeness (QED) is 0.561. The van der Waals surface area contributed by atoms with Crippen molar-refractivity contribution < 1.29 is 19.2 Å². The highest BCUT2D eigenvalue weighted by atomic mass is 35.5. The van der Waals surface area contributed by atoms with Crippen LogP contribution in [0.25, 0.3) is 0 Å². The van der Waals surface area contributed by atoms with Crippen molar-refractivity contribution in [3.05, 3.63) is 22.4 Å². The van der Waals surface area contributed by atoms with E-state index < -0.39 is 17.8 Å². The van der Waals surface area contributed by atoms with Crippen LogP contribution in [0.5, 0.6) is 0 Å². The lowest BCUT2D eigenvalue weighted by molar-refractivity contribution is -0.145. The van der Waals surface area contributed by atoms with E-state index in [0.717, 1.165) is 47.7 Å². The van der Waals surface area contributed by atoms with Crippen LogP contribution < -0.4 is 5.32 Å². The van der Waals surface area contributed by atoms with Gasteiger partial charge in [0.2, 0.25) is 5.91 Å². The van der Waals surface area contributed by atoms with Crippen LogP contribution in [0.1, 0.15) is 24.8 Å². The minimum atomic E-state index is -0.932. The van der Waals surface area contributed by atoms with Gasteiger partial charge in [-0.25, -0.2) is 9.69 Å². The van der Waals surface area contributed by atoms with Gasteiger partial charge in [0.25, 0.3) is 0 Å². The van der Waals surface area contributed by atoms with Crippen LogP contribution in [-0.2, 0) is 20.9 Å². The standard InChI is InChI=1S/C18H22N4O4S.ClH/c1-20-15(24)16(25)22(17(20)26)10-14(23)21(9-12-2-7-27-11-12)13-8-18(13)3-5-19-6-4-18;/h2,7,11,13,19H,3-6,8-10H2,1H3;1H. The first-order valence-electron chi connectivity index (χ1n) is 9.08. The normalized spacial score (nSPS) is 23.2. The highest BCUT2D eigenvalue weighted by Gasteiger charge is 2.58. The lowest BCUT2D eigenvalue weighted by atomic mass is 9.93. The summed E-state index contributed by atoms with van der Waals surface area (Å²) in [6.07, 6.45) is 2.99. The van der Waals surface area contributed by atoms with Crippen molar-refractivity contribution in [1.82, 2.24) is 20.0 Å². The molecule has 1 aromatic heterocycles. The zero-order valence-electron chi connectivity index (χ0n) is 15.6. The number of thiophene rings is 1. The molecule has 1 saturated carbocycles. The van der Waals surface area contributed by atoms with Crippen molar-refractivity contribution in [1.29, 1.82) is 0 Å². The van der Waals surface area contributed by atoms with Gasteiger partial charge in [0.05, 0.1) is 0 Å². The SMILES string of the molecule is CN1C(=O)C(=O)N(CC(=O)N(Cc2ccsc2)C2CC23CCNCC3)C1=O.Cl. The van der Waals surface area contributed by atoms with E-state index in [9.17, 15) is 19.2 Å². The molecule has 4 rings (SSSR count). The van der Waals surface area contributed by atoms with Crippen molar-refractivity contribution in [3.8, 4) is 0 Å². The minimum absolute atomic E-state index is 0. The summed E-state index contributed by atoms with van der Waals surface area (Å²) in [5.41, 5.74) is 1.18. The molecule has 1 aromatic rings.